The maximum absolute atomic E-state index is 13.1. The molecule has 8 nitrogen and oxygen atoms in total. The van der Waals surface area contributed by atoms with Crippen molar-refractivity contribution in [2.24, 2.45) is 10.7 Å². The molecule has 26 heavy (non-hydrogen) atoms. The molecule has 2 aliphatic rings. The highest BCUT2D eigenvalue weighted by atomic mass is 16.5. The monoisotopic (exact) mass is 359 g/mol. The summed E-state index contributed by atoms with van der Waals surface area (Å²) in [6, 6.07) is 1.61. The van der Waals surface area contributed by atoms with Gasteiger partial charge in [-0.15, -0.1) is 0 Å². The number of fused-ring (bicyclic) bond motifs is 1. The molecule has 0 spiro atoms. The topological polar surface area (TPSA) is 111 Å². The van der Waals surface area contributed by atoms with Gasteiger partial charge in [-0.25, -0.2) is 4.99 Å². The number of aliphatic imine (C=N–C) groups is 1. The molecule has 140 valence electrons. The highest BCUT2D eigenvalue weighted by molar-refractivity contribution is 5.98. The molecular formula is C18H25N5O3. The molecule has 1 fully saturated rings. The molecule has 0 radical (unpaired) electrons. The Morgan fingerprint density at radius 2 is 2.04 bits per heavy atom. The number of nitrogens with one attached hydrogen (secondary N) is 2. The second-order valence-electron chi connectivity index (χ2n) is 7.23. The third-order valence-electron chi connectivity index (χ3n) is 5.02. The summed E-state index contributed by atoms with van der Waals surface area (Å²) < 4.78 is 6.85. The number of hydrogen-bond donors (Lipinski definition) is 3. The first kappa shape index (κ1) is 18.0. The molecule has 1 aromatic rings. The maximum atomic E-state index is 13.1. The van der Waals surface area contributed by atoms with Crippen LogP contribution >= 0.6 is 0 Å². The fraction of sp³-hybridized carbons (Fsp3) is 0.500. The lowest BCUT2D eigenvalue weighted by atomic mass is 9.97. The van der Waals surface area contributed by atoms with E-state index in [1.54, 1.807) is 26.1 Å². The number of methoxy groups -OCH3 is 1. The summed E-state index contributed by atoms with van der Waals surface area (Å²) in [5.41, 5.74) is 4.50. The zero-order valence-corrected chi connectivity index (χ0v) is 15.3. The van der Waals surface area contributed by atoms with E-state index in [0.29, 0.717) is 11.4 Å². The number of nitrogens with two attached hydrogens (primary N) is 1. The smallest absolute Gasteiger partial charge is 0.276 e. The number of amides is 1. The van der Waals surface area contributed by atoms with Crippen LogP contribution in [0.2, 0.25) is 0 Å². The van der Waals surface area contributed by atoms with Crippen LogP contribution in [0, 0.1) is 0 Å². The SMILES string of the molecule is COc1cc(NC2(/C=C\N=CN)CCCC2)c(=O)n2c1C(=O)NC2(C)C. The van der Waals surface area contributed by atoms with Crippen molar-refractivity contribution in [1.82, 2.24) is 9.88 Å². The predicted molar refractivity (Wildman–Crippen MR) is 101 cm³/mol. The van der Waals surface area contributed by atoms with Crippen LogP contribution in [-0.4, -0.2) is 29.5 Å². The molecule has 0 aromatic carbocycles. The average Bonchev–Trinajstić information content (AvgIpc) is 3.13. The van der Waals surface area contributed by atoms with Crippen LogP contribution in [0.25, 0.3) is 0 Å². The third kappa shape index (κ3) is 2.95. The molecule has 1 aliphatic carbocycles. The fourth-order valence-electron chi connectivity index (χ4n) is 3.82. The number of ether oxygens (including phenoxy) is 1. The van der Waals surface area contributed by atoms with Gasteiger partial charge < -0.3 is 21.1 Å². The standard InChI is InChI=1S/C18H25N5O3/c1-17(2)22-15(24)14-13(26-3)10-12(16(25)23(14)17)21-18(6-4-5-7-18)8-9-20-11-19/h8-11,21H,4-7H2,1-3H3,(H2,19,20)(H,22,24)/b9-8-. The Labute approximate surface area is 152 Å². The Kier molecular flexibility index (Phi) is 4.52. The Balaban J connectivity index is 2.09. The zero-order valence-electron chi connectivity index (χ0n) is 15.3. The van der Waals surface area contributed by atoms with Crippen LogP contribution in [0.4, 0.5) is 5.69 Å². The van der Waals surface area contributed by atoms with Crippen LogP contribution in [-0.2, 0) is 5.66 Å². The van der Waals surface area contributed by atoms with Crippen molar-refractivity contribution in [1.29, 1.82) is 0 Å². The summed E-state index contributed by atoms with van der Waals surface area (Å²) in [5, 5.41) is 6.20. The van der Waals surface area contributed by atoms with E-state index < -0.39 is 5.66 Å². The first-order valence-electron chi connectivity index (χ1n) is 8.70. The minimum absolute atomic E-state index is 0.247. The van der Waals surface area contributed by atoms with E-state index in [0.717, 1.165) is 25.7 Å². The van der Waals surface area contributed by atoms with Gasteiger partial charge in [-0.1, -0.05) is 12.8 Å². The number of carbonyl (C=O) groups excluding carboxylic acids is 1. The summed E-state index contributed by atoms with van der Waals surface area (Å²) >= 11 is 0. The number of carbonyl (C=O) groups is 1. The molecule has 0 bridgehead atoms. The van der Waals surface area contributed by atoms with Crippen LogP contribution in [0.5, 0.6) is 5.75 Å². The van der Waals surface area contributed by atoms with Gasteiger partial charge >= 0.3 is 0 Å². The van der Waals surface area contributed by atoms with Crippen LogP contribution in [0.3, 0.4) is 0 Å². The molecule has 3 rings (SSSR count). The Morgan fingerprint density at radius 3 is 2.65 bits per heavy atom. The number of rotatable bonds is 5. The second kappa shape index (κ2) is 6.51. The van der Waals surface area contributed by atoms with E-state index in [9.17, 15) is 9.59 Å². The van der Waals surface area contributed by atoms with Crippen molar-refractivity contribution in [3.8, 4) is 5.75 Å². The summed E-state index contributed by atoms with van der Waals surface area (Å²) in [6.07, 6.45) is 8.70. The lowest BCUT2D eigenvalue weighted by molar-refractivity contribution is 0.0933. The molecule has 1 aromatic heterocycles. The molecule has 4 N–H and O–H groups in total. The predicted octanol–water partition coefficient (Wildman–Crippen LogP) is 1.52. The zero-order chi connectivity index (χ0) is 18.9. The van der Waals surface area contributed by atoms with E-state index >= 15 is 0 Å². The second-order valence-corrected chi connectivity index (χ2v) is 7.23. The van der Waals surface area contributed by atoms with Crippen LogP contribution < -0.4 is 26.7 Å². The number of anilines is 1. The fourth-order valence-corrected chi connectivity index (χ4v) is 3.82. The van der Waals surface area contributed by atoms with E-state index in [1.165, 1.54) is 18.0 Å². The van der Waals surface area contributed by atoms with Crippen LogP contribution in [0.15, 0.2) is 28.1 Å². The molecule has 2 heterocycles. The van der Waals surface area contributed by atoms with Crippen molar-refractivity contribution in [2.45, 2.75) is 50.7 Å². The van der Waals surface area contributed by atoms with Gasteiger partial charge in [-0.05, 0) is 32.8 Å². The molecule has 1 aliphatic heterocycles. The van der Waals surface area contributed by atoms with Crippen molar-refractivity contribution >= 4 is 17.9 Å². The minimum atomic E-state index is -0.822. The van der Waals surface area contributed by atoms with Gasteiger partial charge in [0.25, 0.3) is 11.5 Å². The Hall–Kier alpha value is -2.77. The molecule has 1 amide bonds. The van der Waals surface area contributed by atoms with Crippen molar-refractivity contribution in [3.63, 3.8) is 0 Å². The van der Waals surface area contributed by atoms with Gasteiger partial charge in [0.2, 0.25) is 0 Å². The summed E-state index contributed by atoms with van der Waals surface area (Å²) in [7, 11) is 1.49. The normalized spacial score (nSPS) is 20.5. The van der Waals surface area contributed by atoms with Crippen LogP contribution in [0.1, 0.15) is 50.0 Å². The number of pyridine rings is 1. The molecule has 0 atom stereocenters. The van der Waals surface area contributed by atoms with E-state index in [4.69, 9.17) is 10.5 Å². The van der Waals surface area contributed by atoms with Gasteiger partial charge in [0.1, 0.15) is 11.4 Å². The minimum Gasteiger partial charge on any atom is -0.494 e. The first-order chi connectivity index (χ1) is 12.3. The molecular weight excluding hydrogens is 334 g/mol. The number of nitrogens with zero attached hydrogens (tertiary/aromatic N) is 2. The Bertz CT molecular complexity index is 832. The third-order valence-corrected chi connectivity index (χ3v) is 5.02. The summed E-state index contributed by atoms with van der Waals surface area (Å²) in [4.78, 5) is 29.4. The van der Waals surface area contributed by atoms with Gasteiger partial charge in [0.05, 0.1) is 19.0 Å². The van der Waals surface area contributed by atoms with Crippen molar-refractivity contribution < 1.29 is 9.53 Å². The van der Waals surface area contributed by atoms with E-state index in [-0.39, 0.29) is 22.7 Å². The summed E-state index contributed by atoms with van der Waals surface area (Å²) in [6.45, 7) is 3.57. The van der Waals surface area contributed by atoms with Crippen molar-refractivity contribution in [2.75, 3.05) is 12.4 Å². The highest BCUT2D eigenvalue weighted by Crippen LogP contribution is 2.36. The first-order valence-corrected chi connectivity index (χ1v) is 8.70. The van der Waals surface area contributed by atoms with Gasteiger partial charge in [-0.3, -0.25) is 14.2 Å². The summed E-state index contributed by atoms with van der Waals surface area (Å²) in [5.74, 6) is 0.0514. The average molecular weight is 359 g/mol. The van der Waals surface area contributed by atoms with Crippen molar-refractivity contribution in [3.05, 3.63) is 34.4 Å². The van der Waals surface area contributed by atoms with Gasteiger partial charge in [0, 0.05) is 12.3 Å². The quantitative estimate of drug-likeness (QED) is 0.545. The lowest BCUT2D eigenvalue weighted by Gasteiger charge is -2.29. The highest BCUT2D eigenvalue weighted by Gasteiger charge is 2.40. The molecule has 1 saturated carbocycles. The number of hydrogen-bond acceptors (Lipinski definition) is 5. The van der Waals surface area contributed by atoms with Gasteiger partial charge in [0.15, 0.2) is 11.4 Å². The maximum Gasteiger partial charge on any atom is 0.276 e. The van der Waals surface area contributed by atoms with E-state index in [1.807, 2.05) is 6.08 Å². The molecule has 8 heteroatoms. The lowest BCUT2D eigenvalue weighted by Crippen LogP contribution is -2.43. The van der Waals surface area contributed by atoms with E-state index in [2.05, 4.69) is 15.6 Å². The number of aromatic nitrogens is 1. The molecule has 0 saturated heterocycles. The Morgan fingerprint density at radius 1 is 1.35 bits per heavy atom. The molecule has 0 unspecified atom stereocenters. The largest absolute Gasteiger partial charge is 0.494 e. The van der Waals surface area contributed by atoms with Gasteiger partial charge in [-0.2, -0.15) is 0 Å².